The molecule has 30 heavy (non-hydrogen) atoms. The molecule has 160 valence electrons. The van der Waals surface area contributed by atoms with Gasteiger partial charge in [0.2, 0.25) is 0 Å². The molecule has 0 aliphatic carbocycles. The lowest BCUT2D eigenvalue weighted by Gasteiger charge is -2.49. The predicted molar refractivity (Wildman–Crippen MR) is 109 cm³/mol. The average Bonchev–Trinajstić information content (AvgIpc) is 3.40. The number of thioether (sulfide) groups is 1. The maximum Gasteiger partial charge on any atom is 0.352 e. The van der Waals surface area contributed by atoms with E-state index in [1.807, 2.05) is 0 Å². The van der Waals surface area contributed by atoms with Crippen LogP contribution in [0.1, 0.15) is 17.7 Å². The minimum absolute atomic E-state index is 0.0397. The molecule has 0 aromatic carbocycles. The van der Waals surface area contributed by atoms with Gasteiger partial charge in [0.15, 0.2) is 10.8 Å². The topological polar surface area (TPSA) is 156 Å². The first-order valence-corrected chi connectivity index (χ1v) is 10.9. The van der Waals surface area contributed by atoms with Gasteiger partial charge in [-0.3, -0.25) is 14.5 Å². The third-order valence-electron chi connectivity index (χ3n) is 4.96. The number of nitrogens with one attached hydrogen (secondary N) is 1. The van der Waals surface area contributed by atoms with Crippen LogP contribution in [-0.4, -0.2) is 75.5 Å². The van der Waals surface area contributed by atoms with Crippen LogP contribution in [0.15, 0.2) is 22.6 Å². The predicted octanol–water partition coefficient (Wildman–Crippen LogP) is -0.00660. The Morgan fingerprint density at radius 3 is 2.90 bits per heavy atom. The number of nitrogens with two attached hydrogens (primary N) is 1. The summed E-state index contributed by atoms with van der Waals surface area (Å²) in [6, 6.07) is -0.879. The quantitative estimate of drug-likeness (QED) is 0.306. The zero-order valence-electron chi connectivity index (χ0n) is 15.9. The molecular weight excluding hydrogens is 434 g/mol. The summed E-state index contributed by atoms with van der Waals surface area (Å²) < 4.78 is 5.63. The molecule has 0 bridgehead atoms. The molecule has 0 spiro atoms. The summed E-state index contributed by atoms with van der Waals surface area (Å²) in [5.74, 6) is -1.89. The number of anilines is 1. The highest BCUT2D eigenvalue weighted by Gasteiger charge is 2.55. The van der Waals surface area contributed by atoms with Crippen molar-refractivity contribution in [3.05, 3.63) is 22.3 Å². The van der Waals surface area contributed by atoms with Crippen LogP contribution in [-0.2, 0) is 24.0 Å². The minimum atomic E-state index is -1.18. The number of amides is 2. The van der Waals surface area contributed by atoms with Crippen LogP contribution in [0.2, 0.25) is 0 Å². The van der Waals surface area contributed by atoms with E-state index in [0.717, 1.165) is 24.2 Å². The van der Waals surface area contributed by atoms with Gasteiger partial charge in [0.25, 0.3) is 11.8 Å². The van der Waals surface area contributed by atoms with E-state index in [0.29, 0.717) is 22.8 Å². The van der Waals surface area contributed by atoms with Crippen molar-refractivity contribution in [2.45, 2.75) is 30.4 Å². The molecule has 0 radical (unpaired) electrons. The molecule has 0 saturated carbocycles. The lowest BCUT2D eigenvalue weighted by Crippen LogP contribution is -2.71. The van der Waals surface area contributed by atoms with E-state index in [-0.39, 0.29) is 22.6 Å². The monoisotopic (exact) mass is 453 g/mol. The fraction of sp³-hybridized carbons (Fsp3) is 0.471. The summed E-state index contributed by atoms with van der Waals surface area (Å²) in [5, 5.41) is 15.8. The fourth-order valence-electron chi connectivity index (χ4n) is 3.64. The first-order valence-electron chi connectivity index (χ1n) is 9.08. The Labute approximate surface area is 179 Å². The number of hydrogen-bond donors (Lipinski definition) is 3. The van der Waals surface area contributed by atoms with Crippen LogP contribution in [0, 0.1) is 0 Å². The van der Waals surface area contributed by atoms with Gasteiger partial charge in [0.05, 0.1) is 11.0 Å². The number of thiazole rings is 1. The van der Waals surface area contributed by atoms with Crippen LogP contribution < -0.4 is 11.1 Å². The number of rotatable bonds is 6. The van der Waals surface area contributed by atoms with E-state index in [4.69, 9.17) is 15.3 Å². The summed E-state index contributed by atoms with van der Waals surface area (Å²) in [4.78, 5) is 47.7. The summed E-state index contributed by atoms with van der Waals surface area (Å²) in [6.07, 6.45) is 2.68. The van der Waals surface area contributed by atoms with Gasteiger partial charge in [-0.1, -0.05) is 16.5 Å². The van der Waals surface area contributed by atoms with Gasteiger partial charge in [-0.15, -0.1) is 11.8 Å². The second-order valence-electron chi connectivity index (χ2n) is 6.73. The average molecular weight is 454 g/mol. The lowest BCUT2D eigenvalue weighted by molar-refractivity contribution is -0.150. The van der Waals surface area contributed by atoms with E-state index in [2.05, 4.69) is 15.5 Å². The minimum Gasteiger partial charge on any atom is -0.477 e. The smallest absolute Gasteiger partial charge is 0.352 e. The molecule has 3 aliphatic rings. The van der Waals surface area contributed by atoms with Gasteiger partial charge in [0, 0.05) is 18.6 Å². The second-order valence-corrected chi connectivity index (χ2v) is 8.89. The van der Waals surface area contributed by atoms with Gasteiger partial charge >= 0.3 is 5.97 Å². The number of carbonyl (C=O) groups excluding carboxylic acids is 2. The third-order valence-corrected chi connectivity index (χ3v) is 7.10. The maximum atomic E-state index is 12.8. The van der Waals surface area contributed by atoms with Crippen LogP contribution in [0.25, 0.3) is 0 Å². The Morgan fingerprint density at radius 2 is 2.30 bits per heavy atom. The van der Waals surface area contributed by atoms with Crippen molar-refractivity contribution in [2.75, 3.05) is 25.2 Å². The van der Waals surface area contributed by atoms with E-state index < -0.39 is 29.2 Å². The number of hydrogen-bond acceptors (Lipinski definition) is 10. The van der Waals surface area contributed by atoms with Crippen LogP contribution in [0.5, 0.6) is 0 Å². The van der Waals surface area contributed by atoms with E-state index in [9.17, 15) is 19.5 Å². The van der Waals surface area contributed by atoms with Gasteiger partial charge in [-0.25, -0.2) is 9.78 Å². The summed E-state index contributed by atoms with van der Waals surface area (Å²) in [7, 11) is 1.29. The Bertz CT molecular complexity index is 954. The molecule has 1 aromatic rings. The number of ether oxygens (including phenoxy) is 1. The van der Waals surface area contributed by atoms with Gasteiger partial charge in [0.1, 0.15) is 24.2 Å². The first kappa shape index (κ1) is 20.6. The SMILES string of the molecule is CO/N=C(\C(=O)N[C@@H]1C(=O)N2C(C(=O)O)=C([C@H]3CCCO3)CS[C@H]12)c1cnc(N)s1. The molecule has 4 heterocycles. The molecular formula is C17H19N5O6S2. The van der Waals surface area contributed by atoms with Crippen LogP contribution >= 0.6 is 23.1 Å². The number of oxime groups is 1. The number of carboxylic acid groups (broad SMARTS) is 1. The highest BCUT2D eigenvalue weighted by atomic mass is 32.2. The normalized spacial score (nSPS) is 26.3. The fourth-order valence-corrected chi connectivity index (χ4v) is 5.71. The summed E-state index contributed by atoms with van der Waals surface area (Å²) >= 11 is 2.45. The molecule has 4 N–H and O–H groups in total. The maximum absolute atomic E-state index is 12.8. The Hall–Kier alpha value is -2.64. The van der Waals surface area contributed by atoms with Gasteiger partial charge in [-0.05, 0) is 18.4 Å². The number of carboxylic acids is 1. The molecule has 11 nitrogen and oxygen atoms in total. The van der Waals surface area contributed by atoms with Gasteiger partial charge < -0.3 is 25.7 Å². The Balaban J connectivity index is 1.53. The number of nitrogen functional groups attached to an aromatic ring is 1. The number of aliphatic carboxylic acids is 1. The first-order chi connectivity index (χ1) is 14.4. The number of fused-ring (bicyclic) bond motifs is 1. The lowest BCUT2D eigenvalue weighted by atomic mass is 9.99. The van der Waals surface area contributed by atoms with Crippen molar-refractivity contribution in [2.24, 2.45) is 5.16 Å². The molecule has 0 unspecified atom stereocenters. The zero-order valence-corrected chi connectivity index (χ0v) is 17.5. The number of carbonyl (C=O) groups is 3. The van der Waals surface area contributed by atoms with E-state index in [1.54, 1.807) is 0 Å². The molecule has 2 fully saturated rings. The second kappa shape index (κ2) is 8.24. The molecule has 3 atom stereocenters. The van der Waals surface area contributed by atoms with E-state index in [1.165, 1.54) is 30.0 Å². The van der Waals surface area contributed by atoms with Gasteiger partial charge in [-0.2, -0.15) is 0 Å². The largest absolute Gasteiger partial charge is 0.477 e. The Morgan fingerprint density at radius 1 is 1.50 bits per heavy atom. The van der Waals surface area contributed by atoms with Crippen molar-refractivity contribution in [1.82, 2.24) is 15.2 Å². The summed E-state index contributed by atoms with van der Waals surface area (Å²) in [6.45, 7) is 0.575. The number of β-lactam (4-membered cyclic amide) rings is 1. The molecule has 1 aromatic heterocycles. The van der Waals surface area contributed by atoms with Crippen LogP contribution in [0.4, 0.5) is 5.13 Å². The van der Waals surface area contributed by atoms with Crippen molar-refractivity contribution < 1.29 is 29.1 Å². The molecule has 13 heteroatoms. The summed E-state index contributed by atoms with van der Waals surface area (Å²) in [5.41, 5.74) is 6.12. The standard InChI is InChI=1S/C17H19N5O6S2/c1-27-21-10(9-5-19-17(18)30-9)13(23)20-11-14(24)22-12(16(25)26)7(6-29-15(11)22)8-3-2-4-28-8/h5,8,11,15H,2-4,6H2,1H3,(H2,18,19)(H,20,23)(H,25,26)/b21-10-/t8-,11-,15-/m1/s1. The van der Waals surface area contributed by atoms with Crippen molar-refractivity contribution in [1.29, 1.82) is 0 Å². The number of aromatic nitrogens is 1. The third kappa shape index (κ3) is 3.52. The van der Waals surface area contributed by atoms with E-state index >= 15 is 0 Å². The Kier molecular flexibility index (Phi) is 5.66. The zero-order chi connectivity index (χ0) is 21.4. The molecule has 4 rings (SSSR count). The van der Waals surface area contributed by atoms with Crippen LogP contribution in [0.3, 0.4) is 0 Å². The highest BCUT2D eigenvalue weighted by Crippen LogP contribution is 2.42. The molecule has 2 saturated heterocycles. The van der Waals surface area contributed by atoms with Crippen molar-refractivity contribution >= 4 is 51.7 Å². The van der Waals surface area contributed by atoms with Crippen molar-refractivity contribution in [3.63, 3.8) is 0 Å². The highest BCUT2D eigenvalue weighted by molar-refractivity contribution is 8.00. The van der Waals surface area contributed by atoms with Crippen molar-refractivity contribution in [3.8, 4) is 0 Å². The number of nitrogens with zero attached hydrogens (tertiary/aromatic N) is 3. The molecule has 3 aliphatic heterocycles. The molecule has 2 amide bonds.